The van der Waals surface area contributed by atoms with E-state index in [1.54, 1.807) is 12.3 Å². The van der Waals surface area contributed by atoms with Gasteiger partial charge in [-0.1, -0.05) is 26.8 Å². The van der Waals surface area contributed by atoms with Gasteiger partial charge >= 0.3 is 0 Å². The molecule has 0 aromatic carbocycles. The third kappa shape index (κ3) is 3.49. The zero-order valence-corrected chi connectivity index (χ0v) is 13.2. The van der Waals surface area contributed by atoms with E-state index in [2.05, 4.69) is 38.8 Å². The van der Waals surface area contributed by atoms with Crippen LogP contribution in [0.4, 0.5) is 0 Å². The maximum atomic E-state index is 10.6. The normalized spacial score (nSPS) is 14.3. The number of carbonyl (C=O) groups is 1. The van der Waals surface area contributed by atoms with E-state index in [1.165, 1.54) is 0 Å². The van der Waals surface area contributed by atoms with Crippen molar-refractivity contribution in [2.45, 2.75) is 51.9 Å². The average molecular weight is 265 g/mol. The number of aromatic nitrogens is 1. The van der Waals surface area contributed by atoms with Crippen molar-refractivity contribution in [3.63, 3.8) is 0 Å². The van der Waals surface area contributed by atoms with Crippen LogP contribution in [0.2, 0.25) is 18.1 Å². The first-order valence-electron chi connectivity index (χ1n) is 6.26. The van der Waals surface area contributed by atoms with Crippen LogP contribution in [-0.2, 0) is 4.43 Å². The Morgan fingerprint density at radius 3 is 2.33 bits per heavy atom. The maximum Gasteiger partial charge on any atom is 0.192 e. The lowest BCUT2D eigenvalue weighted by atomic mass is 10.2. The van der Waals surface area contributed by atoms with Crippen molar-refractivity contribution >= 4 is 14.6 Å². The third-order valence-electron chi connectivity index (χ3n) is 3.68. The molecule has 0 spiro atoms. The molecule has 0 saturated heterocycles. The van der Waals surface area contributed by atoms with Crippen molar-refractivity contribution in [1.29, 1.82) is 0 Å². The van der Waals surface area contributed by atoms with Crippen molar-refractivity contribution in [3.8, 4) is 0 Å². The van der Waals surface area contributed by atoms with E-state index in [-0.39, 0.29) is 11.1 Å². The Kier molecular flexibility index (Phi) is 4.45. The fourth-order valence-electron chi connectivity index (χ4n) is 1.41. The van der Waals surface area contributed by atoms with E-state index in [1.807, 2.05) is 13.0 Å². The lowest BCUT2D eigenvalue weighted by molar-refractivity contribution is 0.111. The minimum Gasteiger partial charge on any atom is -0.410 e. The minimum atomic E-state index is -1.77. The first-order valence-corrected chi connectivity index (χ1v) is 9.17. The van der Waals surface area contributed by atoms with E-state index in [0.717, 1.165) is 11.8 Å². The largest absolute Gasteiger partial charge is 0.410 e. The highest BCUT2D eigenvalue weighted by molar-refractivity contribution is 6.74. The molecule has 0 aliphatic heterocycles. The van der Waals surface area contributed by atoms with Gasteiger partial charge in [0.05, 0.1) is 6.10 Å². The van der Waals surface area contributed by atoms with E-state index in [4.69, 9.17) is 4.43 Å². The summed E-state index contributed by atoms with van der Waals surface area (Å²) >= 11 is 0. The number of hydrogen-bond donors (Lipinski definition) is 0. The molecule has 0 aliphatic carbocycles. The van der Waals surface area contributed by atoms with Crippen LogP contribution in [0.1, 0.15) is 49.9 Å². The van der Waals surface area contributed by atoms with Gasteiger partial charge in [0.15, 0.2) is 14.6 Å². The maximum absolute atomic E-state index is 10.6. The van der Waals surface area contributed by atoms with Gasteiger partial charge in [-0.2, -0.15) is 0 Å². The van der Waals surface area contributed by atoms with Gasteiger partial charge < -0.3 is 4.43 Å². The second-order valence-corrected chi connectivity index (χ2v) is 10.9. The van der Waals surface area contributed by atoms with Crippen molar-refractivity contribution in [1.82, 2.24) is 4.98 Å². The summed E-state index contributed by atoms with van der Waals surface area (Å²) in [5.41, 5.74) is 1.48. The van der Waals surface area contributed by atoms with Gasteiger partial charge in [0.1, 0.15) is 5.69 Å². The van der Waals surface area contributed by atoms with Crippen LogP contribution in [0.3, 0.4) is 0 Å². The van der Waals surface area contributed by atoms with Gasteiger partial charge in [-0.15, -0.1) is 0 Å². The highest BCUT2D eigenvalue weighted by Crippen LogP contribution is 2.39. The van der Waals surface area contributed by atoms with E-state index >= 15 is 0 Å². The topological polar surface area (TPSA) is 39.2 Å². The fraction of sp³-hybridized carbons (Fsp3) is 0.571. The molecule has 100 valence electrons. The molecule has 1 heterocycles. The zero-order valence-electron chi connectivity index (χ0n) is 12.2. The second-order valence-electron chi connectivity index (χ2n) is 6.15. The van der Waals surface area contributed by atoms with Crippen LogP contribution in [0.25, 0.3) is 0 Å². The zero-order chi connectivity index (χ0) is 14.0. The molecule has 18 heavy (non-hydrogen) atoms. The molecule has 0 amide bonds. The first-order chi connectivity index (χ1) is 8.17. The van der Waals surface area contributed by atoms with Gasteiger partial charge in [0.2, 0.25) is 0 Å². The van der Waals surface area contributed by atoms with Crippen LogP contribution >= 0.6 is 0 Å². The Hall–Kier alpha value is -1.00. The summed E-state index contributed by atoms with van der Waals surface area (Å²) in [6.07, 6.45) is 2.49. The molecule has 0 aliphatic rings. The summed E-state index contributed by atoms with van der Waals surface area (Å²) in [6, 6.07) is 3.64. The molecule has 1 unspecified atom stereocenters. The molecule has 0 saturated carbocycles. The second kappa shape index (κ2) is 5.32. The first kappa shape index (κ1) is 15.1. The van der Waals surface area contributed by atoms with E-state index in [0.29, 0.717) is 5.69 Å². The molecular formula is C14H23NO2Si. The number of nitrogens with zero attached hydrogens (tertiary/aromatic N) is 1. The lowest BCUT2D eigenvalue weighted by Gasteiger charge is -2.38. The van der Waals surface area contributed by atoms with Crippen molar-refractivity contribution in [2.75, 3.05) is 0 Å². The number of rotatable bonds is 4. The van der Waals surface area contributed by atoms with Crippen molar-refractivity contribution in [2.24, 2.45) is 0 Å². The summed E-state index contributed by atoms with van der Waals surface area (Å²) < 4.78 is 6.27. The molecule has 0 bridgehead atoms. The summed E-state index contributed by atoms with van der Waals surface area (Å²) in [6.45, 7) is 13.2. The highest BCUT2D eigenvalue weighted by Gasteiger charge is 2.38. The molecule has 1 rings (SSSR count). The Morgan fingerprint density at radius 2 is 1.94 bits per heavy atom. The average Bonchev–Trinajstić information content (AvgIpc) is 2.27. The van der Waals surface area contributed by atoms with Gasteiger partial charge in [0, 0.05) is 6.20 Å². The lowest BCUT2D eigenvalue weighted by Crippen LogP contribution is -2.41. The smallest absolute Gasteiger partial charge is 0.192 e. The Labute approximate surface area is 111 Å². The SMILES string of the molecule is CC(O[Si](C)(C)C(C)(C)C)c1ccc(C=O)nc1. The molecule has 3 nitrogen and oxygen atoms in total. The highest BCUT2D eigenvalue weighted by atomic mass is 28.4. The predicted octanol–water partition coefficient (Wildman–Crippen LogP) is 3.98. The Balaban J connectivity index is 2.81. The standard InChI is InChI=1S/C14H23NO2Si/c1-11(17-18(5,6)14(2,3)4)12-7-8-13(10-16)15-9-12/h7-11H,1-6H3. The molecular weight excluding hydrogens is 242 g/mol. The number of pyridine rings is 1. The summed E-state index contributed by atoms with van der Waals surface area (Å²) in [4.78, 5) is 14.6. The van der Waals surface area contributed by atoms with Gasteiger partial charge in [-0.05, 0) is 36.7 Å². The van der Waals surface area contributed by atoms with Gasteiger partial charge in [-0.3, -0.25) is 9.78 Å². The molecule has 0 N–H and O–H groups in total. The van der Waals surface area contributed by atoms with Crippen LogP contribution in [-0.4, -0.2) is 19.6 Å². The monoisotopic (exact) mass is 265 g/mol. The summed E-state index contributed by atoms with van der Waals surface area (Å²) in [5.74, 6) is 0. The van der Waals surface area contributed by atoms with E-state index < -0.39 is 8.32 Å². The molecule has 0 fully saturated rings. The van der Waals surface area contributed by atoms with Crippen LogP contribution in [0, 0.1) is 0 Å². The van der Waals surface area contributed by atoms with Gasteiger partial charge in [0.25, 0.3) is 0 Å². The van der Waals surface area contributed by atoms with Crippen molar-refractivity contribution < 1.29 is 9.22 Å². The van der Waals surface area contributed by atoms with Crippen LogP contribution in [0.5, 0.6) is 0 Å². The van der Waals surface area contributed by atoms with E-state index in [9.17, 15) is 4.79 Å². The molecule has 1 atom stereocenters. The Bertz CT molecular complexity index is 407. The summed E-state index contributed by atoms with van der Waals surface area (Å²) in [7, 11) is -1.77. The molecule has 1 aromatic rings. The molecule has 1 aromatic heterocycles. The fourth-order valence-corrected chi connectivity index (χ4v) is 2.79. The van der Waals surface area contributed by atoms with Crippen LogP contribution < -0.4 is 0 Å². The van der Waals surface area contributed by atoms with Crippen molar-refractivity contribution in [3.05, 3.63) is 29.6 Å². The predicted molar refractivity (Wildman–Crippen MR) is 76.3 cm³/mol. The van der Waals surface area contributed by atoms with Gasteiger partial charge in [-0.25, -0.2) is 0 Å². The third-order valence-corrected chi connectivity index (χ3v) is 8.23. The minimum absolute atomic E-state index is 0.0130. The number of carbonyl (C=O) groups excluding carboxylic acids is 1. The molecule has 4 heteroatoms. The number of aldehydes is 1. The quantitative estimate of drug-likeness (QED) is 0.610. The molecule has 0 radical (unpaired) electrons. The van der Waals surface area contributed by atoms with Crippen LogP contribution in [0.15, 0.2) is 18.3 Å². The summed E-state index contributed by atoms with van der Waals surface area (Å²) in [5, 5.41) is 0.192. The Morgan fingerprint density at radius 1 is 1.33 bits per heavy atom. The number of hydrogen-bond acceptors (Lipinski definition) is 3.